The van der Waals surface area contributed by atoms with E-state index in [2.05, 4.69) is 20.6 Å². The number of aromatic nitrogens is 3. The first-order valence-corrected chi connectivity index (χ1v) is 12.9. The lowest BCUT2D eigenvalue weighted by Crippen LogP contribution is -2.45. The van der Waals surface area contributed by atoms with Crippen LogP contribution in [-0.4, -0.2) is 45.3 Å². The van der Waals surface area contributed by atoms with Crippen molar-refractivity contribution in [1.82, 2.24) is 24.8 Å². The lowest BCUT2D eigenvalue weighted by Gasteiger charge is -2.27. The Morgan fingerprint density at radius 3 is 2.77 bits per heavy atom. The average Bonchev–Trinajstić information content (AvgIpc) is 3.52. The molecule has 1 fully saturated rings. The molecule has 35 heavy (non-hydrogen) atoms. The van der Waals surface area contributed by atoms with Gasteiger partial charge in [0.15, 0.2) is 0 Å². The van der Waals surface area contributed by atoms with Crippen LogP contribution in [0.3, 0.4) is 0 Å². The van der Waals surface area contributed by atoms with Gasteiger partial charge in [-0.05, 0) is 69.1 Å². The number of aryl methyl sites for hydroxylation is 2. The predicted octanol–water partition coefficient (Wildman–Crippen LogP) is 3.07. The van der Waals surface area contributed by atoms with E-state index in [9.17, 15) is 14.4 Å². The van der Waals surface area contributed by atoms with E-state index in [-0.39, 0.29) is 23.3 Å². The normalized spacial score (nSPS) is 20.1. The SMILES string of the molecule is Cc1cc(Nc2ncnc3sc4c(c23)CC[C@H](C(=O)N(C)C)C4)c(=O)n2c1C(=O)NC21CCCC1. The Bertz CT molecular complexity index is 1450. The van der Waals surface area contributed by atoms with Crippen molar-refractivity contribution in [3.63, 3.8) is 0 Å². The van der Waals surface area contributed by atoms with Crippen LogP contribution in [0.2, 0.25) is 0 Å². The van der Waals surface area contributed by atoms with Gasteiger partial charge >= 0.3 is 0 Å². The van der Waals surface area contributed by atoms with E-state index < -0.39 is 5.66 Å². The third kappa shape index (κ3) is 3.30. The first kappa shape index (κ1) is 22.2. The number of nitrogens with one attached hydrogen (secondary N) is 2. The lowest BCUT2D eigenvalue weighted by atomic mass is 9.87. The van der Waals surface area contributed by atoms with Crippen molar-refractivity contribution in [2.45, 2.75) is 57.5 Å². The number of hydrogen-bond acceptors (Lipinski definition) is 7. The van der Waals surface area contributed by atoms with Gasteiger partial charge in [-0.3, -0.25) is 19.0 Å². The van der Waals surface area contributed by atoms with Crippen LogP contribution in [0.25, 0.3) is 10.2 Å². The van der Waals surface area contributed by atoms with Crippen LogP contribution >= 0.6 is 11.3 Å². The number of anilines is 2. The van der Waals surface area contributed by atoms with E-state index in [1.54, 1.807) is 41.0 Å². The molecule has 0 radical (unpaired) electrons. The van der Waals surface area contributed by atoms with E-state index in [0.717, 1.165) is 64.7 Å². The number of rotatable bonds is 3. The van der Waals surface area contributed by atoms with Crippen molar-refractivity contribution in [1.29, 1.82) is 0 Å². The van der Waals surface area contributed by atoms with E-state index in [1.165, 1.54) is 6.33 Å². The standard InChI is InChI=1S/C25H28N6O3S/c1-13-10-16(24(34)31-19(13)21(32)29-25(31)8-4-5-9-25)28-20-18-15-7-6-14(23(33)30(2)3)11-17(15)35-22(18)27-12-26-20/h10,12,14H,4-9,11H2,1-3H3,(H,29,32)(H,26,27,28)/t14-/m0/s1. The van der Waals surface area contributed by atoms with Gasteiger partial charge in [0, 0.05) is 24.9 Å². The zero-order valence-corrected chi connectivity index (χ0v) is 20.9. The van der Waals surface area contributed by atoms with Gasteiger partial charge in [-0.25, -0.2) is 9.97 Å². The zero-order chi connectivity index (χ0) is 24.5. The topological polar surface area (TPSA) is 109 Å². The number of nitrogens with zero attached hydrogens (tertiary/aromatic N) is 4. The molecule has 3 aromatic rings. The molecule has 182 valence electrons. The Morgan fingerprint density at radius 2 is 2.03 bits per heavy atom. The van der Waals surface area contributed by atoms with Crippen molar-refractivity contribution >= 4 is 44.9 Å². The highest BCUT2D eigenvalue weighted by Crippen LogP contribution is 2.42. The third-order valence-electron chi connectivity index (χ3n) is 7.70. The quantitative estimate of drug-likeness (QED) is 0.582. The summed E-state index contributed by atoms with van der Waals surface area (Å²) in [4.78, 5) is 51.7. The predicted molar refractivity (Wildman–Crippen MR) is 134 cm³/mol. The fraction of sp³-hybridized carbons (Fsp3) is 0.480. The van der Waals surface area contributed by atoms with Crippen molar-refractivity contribution in [2.24, 2.45) is 5.92 Å². The summed E-state index contributed by atoms with van der Waals surface area (Å²) in [7, 11) is 3.60. The molecule has 0 bridgehead atoms. The Kier molecular flexibility index (Phi) is 5.00. The van der Waals surface area contributed by atoms with Gasteiger partial charge in [0.1, 0.15) is 34.0 Å². The molecule has 0 aromatic carbocycles. The van der Waals surface area contributed by atoms with Crippen molar-refractivity contribution in [2.75, 3.05) is 19.4 Å². The molecule has 2 aliphatic carbocycles. The number of fused-ring (bicyclic) bond motifs is 5. The van der Waals surface area contributed by atoms with Gasteiger partial charge in [-0.15, -0.1) is 11.3 Å². The first-order valence-electron chi connectivity index (χ1n) is 12.1. The minimum absolute atomic E-state index is 0.0217. The Morgan fingerprint density at radius 1 is 1.26 bits per heavy atom. The van der Waals surface area contributed by atoms with E-state index >= 15 is 0 Å². The lowest BCUT2D eigenvalue weighted by molar-refractivity contribution is -0.133. The Balaban J connectivity index is 1.42. The summed E-state index contributed by atoms with van der Waals surface area (Å²) >= 11 is 1.60. The molecular formula is C25H28N6O3S. The highest BCUT2D eigenvalue weighted by Gasteiger charge is 2.46. The molecule has 3 aromatic heterocycles. The molecule has 6 rings (SSSR count). The van der Waals surface area contributed by atoms with Gasteiger partial charge in [0.05, 0.1) is 5.39 Å². The summed E-state index contributed by atoms with van der Waals surface area (Å²) in [6.07, 6.45) is 7.24. The van der Waals surface area contributed by atoms with Crippen LogP contribution in [0.15, 0.2) is 17.2 Å². The van der Waals surface area contributed by atoms with Crippen molar-refractivity contribution in [3.8, 4) is 0 Å². The number of thiophene rings is 1. The molecule has 3 aliphatic rings. The smallest absolute Gasteiger partial charge is 0.276 e. The first-order chi connectivity index (χ1) is 16.8. The van der Waals surface area contributed by atoms with Gasteiger partial charge in [-0.2, -0.15) is 0 Å². The maximum Gasteiger partial charge on any atom is 0.276 e. The summed E-state index contributed by atoms with van der Waals surface area (Å²) in [5, 5.41) is 7.33. The van der Waals surface area contributed by atoms with Crippen LogP contribution in [0, 0.1) is 12.8 Å². The Labute approximate surface area is 206 Å². The molecule has 9 nitrogen and oxygen atoms in total. The number of carbonyl (C=O) groups is 2. The van der Waals surface area contributed by atoms with E-state index in [0.29, 0.717) is 23.6 Å². The van der Waals surface area contributed by atoms with Gasteiger partial charge in [0.2, 0.25) is 5.91 Å². The van der Waals surface area contributed by atoms with Crippen molar-refractivity contribution < 1.29 is 9.59 Å². The van der Waals surface area contributed by atoms with Crippen LogP contribution in [-0.2, 0) is 23.3 Å². The molecular weight excluding hydrogens is 464 g/mol. The third-order valence-corrected chi connectivity index (χ3v) is 8.86. The molecule has 1 atom stereocenters. The number of amides is 2. The number of carbonyl (C=O) groups excluding carboxylic acids is 2. The molecule has 0 unspecified atom stereocenters. The Hall–Kier alpha value is -3.27. The van der Waals surface area contributed by atoms with E-state index in [1.807, 2.05) is 6.92 Å². The summed E-state index contributed by atoms with van der Waals surface area (Å²) in [6.45, 7) is 1.87. The van der Waals surface area contributed by atoms with Gasteiger partial charge in [0.25, 0.3) is 11.5 Å². The largest absolute Gasteiger partial charge is 0.349 e. The second kappa shape index (κ2) is 7.87. The van der Waals surface area contributed by atoms with Crippen molar-refractivity contribution in [3.05, 3.63) is 44.4 Å². The molecule has 4 heterocycles. The average molecular weight is 493 g/mol. The molecule has 1 aliphatic heterocycles. The zero-order valence-electron chi connectivity index (χ0n) is 20.1. The second-order valence-corrected chi connectivity index (χ2v) is 11.2. The minimum atomic E-state index is -0.623. The maximum atomic E-state index is 13.7. The minimum Gasteiger partial charge on any atom is -0.349 e. The highest BCUT2D eigenvalue weighted by molar-refractivity contribution is 7.19. The van der Waals surface area contributed by atoms with Gasteiger partial charge < -0.3 is 15.5 Å². The fourth-order valence-electron chi connectivity index (χ4n) is 6.07. The summed E-state index contributed by atoms with van der Waals surface area (Å²) in [6, 6.07) is 1.75. The van der Waals surface area contributed by atoms with Crippen LogP contribution in [0.4, 0.5) is 11.5 Å². The molecule has 1 spiro atoms. The molecule has 0 saturated heterocycles. The molecule has 2 N–H and O–H groups in total. The van der Waals surface area contributed by atoms with Crippen LogP contribution in [0.5, 0.6) is 0 Å². The van der Waals surface area contributed by atoms with Gasteiger partial charge in [-0.1, -0.05) is 0 Å². The van der Waals surface area contributed by atoms with Crippen LogP contribution in [0.1, 0.15) is 58.6 Å². The fourth-order valence-corrected chi connectivity index (χ4v) is 7.33. The van der Waals surface area contributed by atoms with E-state index in [4.69, 9.17) is 0 Å². The summed E-state index contributed by atoms with van der Waals surface area (Å²) in [5.41, 5.74) is 1.96. The molecule has 1 saturated carbocycles. The number of hydrogen-bond donors (Lipinski definition) is 2. The summed E-state index contributed by atoms with van der Waals surface area (Å²) < 4.78 is 1.68. The van der Waals surface area contributed by atoms with Crippen LogP contribution < -0.4 is 16.2 Å². The highest BCUT2D eigenvalue weighted by atomic mass is 32.1. The molecule has 2 amide bonds. The summed E-state index contributed by atoms with van der Waals surface area (Å²) in [5.74, 6) is 0.556. The molecule has 10 heteroatoms. The monoisotopic (exact) mass is 492 g/mol. The second-order valence-electron chi connectivity index (χ2n) is 10.1. The maximum absolute atomic E-state index is 13.7. The number of pyridine rings is 1.